The first-order valence-electron chi connectivity index (χ1n) is 5.75. The summed E-state index contributed by atoms with van der Waals surface area (Å²) < 4.78 is 5.26. The van der Waals surface area contributed by atoms with E-state index in [2.05, 4.69) is 20.6 Å². The van der Waals surface area contributed by atoms with Gasteiger partial charge >= 0.3 is 0 Å². The molecule has 1 saturated heterocycles. The molecule has 7 heteroatoms. The molecule has 0 aliphatic carbocycles. The highest BCUT2D eigenvalue weighted by atomic mass is 16.5. The fourth-order valence-corrected chi connectivity index (χ4v) is 1.64. The Labute approximate surface area is 105 Å². The van der Waals surface area contributed by atoms with Gasteiger partial charge in [0.1, 0.15) is 11.3 Å². The van der Waals surface area contributed by atoms with Crippen LogP contribution in [0.4, 0.5) is 0 Å². The van der Waals surface area contributed by atoms with Crippen molar-refractivity contribution in [2.24, 2.45) is 0 Å². The van der Waals surface area contributed by atoms with Crippen LogP contribution in [-0.4, -0.2) is 59.4 Å². The quantitative estimate of drug-likeness (QED) is 0.609. The molecule has 1 aliphatic heterocycles. The van der Waals surface area contributed by atoms with Crippen molar-refractivity contribution < 1.29 is 14.6 Å². The zero-order valence-electron chi connectivity index (χ0n) is 9.93. The zero-order chi connectivity index (χ0) is 12.8. The molecule has 2 heterocycles. The fourth-order valence-electron chi connectivity index (χ4n) is 1.64. The number of hydrogen-bond donors (Lipinski definition) is 3. The van der Waals surface area contributed by atoms with Crippen LogP contribution in [0.2, 0.25) is 0 Å². The van der Waals surface area contributed by atoms with Gasteiger partial charge < -0.3 is 20.5 Å². The standard InChI is InChI=1S/C11H16N4O3/c16-10(9-5-12-1-2-14-9)15-7-11(17)6-13-3-4-18-8-11/h1-2,5,13,17H,3-4,6-8H2,(H,15,16). The van der Waals surface area contributed by atoms with E-state index in [1.807, 2.05) is 0 Å². The first kappa shape index (κ1) is 12.9. The van der Waals surface area contributed by atoms with E-state index in [4.69, 9.17) is 4.74 Å². The van der Waals surface area contributed by atoms with Crippen molar-refractivity contribution in [2.45, 2.75) is 5.60 Å². The van der Waals surface area contributed by atoms with Crippen molar-refractivity contribution in [3.63, 3.8) is 0 Å². The third-order valence-corrected chi connectivity index (χ3v) is 2.62. The lowest BCUT2D eigenvalue weighted by atomic mass is 10.1. The Morgan fingerprint density at radius 3 is 3.28 bits per heavy atom. The molecule has 7 nitrogen and oxygen atoms in total. The molecule has 1 aromatic rings. The summed E-state index contributed by atoms with van der Waals surface area (Å²) in [6.07, 6.45) is 4.31. The summed E-state index contributed by atoms with van der Waals surface area (Å²) in [6.45, 7) is 1.94. The number of nitrogens with one attached hydrogen (secondary N) is 2. The molecule has 2 rings (SSSR count). The van der Waals surface area contributed by atoms with Gasteiger partial charge in [0.2, 0.25) is 0 Å². The van der Waals surface area contributed by atoms with E-state index in [9.17, 15) is 9.90 Å². The summed E-state index contributed by atoms with van der Waals surface area (Å²) in [5, 5.41) is 15.9. The lowest BCUT2D eigenvalue weighted by Gasteiger charge is -2.25. The molecule has 98 valence electrons. The monoisotopic (exact) mass is 252 g/mol. The van der Waals surface area contributed by atoms with Gasteiger partial charge in [0.25, 0.3) is 5.91 Å². The van der Waals surface area contributed by atoms with E-state index in [1.165, 1.54) is 18.6 Å². The number of β-amino-alcohol motifs (C(OH)–C–C–N with tert-alkyl or cyclic N) is 1. The Hall–Kier alpha value is -1.57. The molecule has 0 saturated carbocycles. The second-order valence-corrected chi connectivity index (χ2v) is 4.23. The van der Waals surface area contributed by atoms with Crippen molar-refractivity contribution in [3.05, 3.63) is 24.3 Å². The van der Waals surface area contributed by atoms with E-state index in [0.717, 1.165) is 0 Å². The summed E-state index contributed by atoms with van der Waals surface area (Å²) in [7, 11) is 0. The molecule has 1 fully saturated rings. The average molecular weight is 252 g/mol. The lowest BCUT2D eigenvalue weighted by molar-refractivity contribution is -0.0253. The zero-order valence-corrected chi connectivity index (χ0v) is 9.93. The SMILES string of the molecule is O=C(NCC1(O)CNCCOC1)c1cnccn1. The summed E-state index contributed by atoms with van der Waals surface area (Å²) in [5.74, 6) is -0.360. The maximum absolute atomic E-state index is 11.7. The minimum absolute atomic E-state index is 0.107. The third kappa shape index (κ3) is 3.46. The smallest absolute Gasteiger partial charge is 0.271 e. The molecule has 1 unspecified atom stereocenters. The predicted octanol–water partition coefficient (Wildman–Crippen LogP) is -1.44. The Bertz CT molecular complexity index is 391. The number of amides is 1. The van der Waals surface area contributed by atoms with Crippen LogP contribution in [0.3, 0.4) is 0 Å². The molecule has 0 bridgehead atoms. The van der Waals surface area contributed by atoms with E-state index in [-0.39, 0.29) is 24.8 Å². The number of hydrogen-bond acceptors (Lipinski definition) is 6. The number of carbonyl (C=O) groups is 1. The number of nitrogens with zero attached hydrogens (tertiary/aromatic N) is 2. The van der Waals surface area contributed by atoms with Crippen LogP contribution < -0.4 is 10.6 Å². The van der Waals surface area contributed by atoms with Crippen LogP contribution in [0.5, 0.6) is 0 Å². The van der Waals surface area contributed by atoms with E-state index < -0.39 is 5.60 Å². The van der Waals surface area contributed by atoms with Gasteiger partial charge in [0.05, 0.1) is 26.0 Å². The van der Waals surface area contributed by atoms with Gasteiger partial charge in [0.15, 0.2) is 0 Å². The Kier molecular flexibility index (Phi) is 4.19. The van der Waals surface area contributed by atoms with E-state index in [1.54, 1.807) is 0 Å². The molecule has 1 aliphatic rings. The number of rotatable bonds is 3. The minimum Gasteiger partial charge on any atom is -0.384 e. The predicted molar refractivity (Wildman–Crippen MR) is 63.0 cm³/mol. The number of aliphatic hydroxyl groups is 1. The Balaban J connectivity index is 1.88. The minimum atomic E-state index is -1.09. The van der Waals surface area contributed by atoms with Crippen LogP contribution in [0, 0.1) is 0 Å². The van der Waals surface area contributed by atoms with Gasteiger partial charge in [-0.15, -0.1) is 0 Å². The van der Waals surface area contributed by atoms with Crippen LogP contribution in [0.25, 0.3) is 0 Å². The molecule has 18 heavy (non-hydrogen) atoms. The van der Waals surface area contributed by atoms with Crippen LogP contribution >= 0.6 is 0 Å². The molecule has 1 amide bonds. The van der Waals surface area contributed by atoms with Gasteiger partial charge in [-0.05, 0) is 0 Å². The molecule has 0 aromatic carbocycles. The van der Waals surface area contributed by atoms with Gasteiger partial charge in [-0.25, -0.2) is 4.98 Å². The second-order valence-electron chi connectivity index (χ2n) is 4.23. The van der Waals surface area contributed by atoms with E-state index >= 15 is 0 Å². The fraction of sp³-hybridized carbons (Fsp3) is 0.545. The topological polar surface area (TPSA) is 96.4 Å². The second kappa shape index (κ2) is 5.85. The first-order valence-corrected chi connectivity index (χ1v) is 5.75. The molecule has 1 aromatic heterocycles. The van der Waals surface area contributed by atoms with Crippen LogP contribution in [0.15, 0.2) is 18.6 Å². The number of aromatic nitrogens is 2. The first-order chi connectivity index (χ1) is 8.70. The molecule has 0 spiro atoms. The maximum atomic E-state index is 11.7. The van der Waals surface area contributed by atoms with Gasteiger partial charge in [-0.1, -0.05) is 0 Å². The maximum Gasteiger partial charge on any atom is 0.271 e. The lowest BCUT2D eigenvalue weighted by Crippen LogP contribution is -2.51. The highest BCUT2D eigenvalue weighted by molar-refractivity contribution is 5.91. The summed E-state index contributed by atoms with van der Waals surface area (Å²) in [5.41, 5.74) is -0.863. The molecular formula is C11H16N4O3. The summed E-state index contributed by atoms with van der Waals surface area (Å²) in [4.78, 5) is 19.4. The average Bonchev–Trinajstić information content (AvgIpc) is 2.62. The largest absolute Gasteiger partial charge is 0.384 e. The van der Waals surface area contributed by atoms with Crippen molar-refractivity contribution >= 4 is 5.91 Å². The van der Waals surface area contributed by atoms with Crippen molar-refractivity contribution in [1.29, 1.82) is 0 Å². The van der Waals surface area contributed by atoms with Crippen LogP contribution in [-0.2, 0) is 4.74 Å². The molecule has 3 N–H and O–H groups in total. The van der Waals surface area contributed by atoms with Gasteiger partial charge in [0, 0.05) is 25.5 Å². The van der Waals surface area contributed by atoms with Crippen molar-refractivity contribution in [3.8, 4) is 0 Å². The highest BCUT2D eigenvalue weighted by Crippen LogP contribution is 2.05. The van der Waals surface area contributed by atoms with Crippen LogP contribution in [0.1, 0.15) is 10.5 Å². The number of ether oxygens (including phenoxy) is 1. The van der Waals surface area contributed by atoms with Crippen molar-refractivity contribution in [2.75, 3.05) is 32.8 Å². The summed E-state index contributed by atoms with van der Waals surface area (Å²) in [6, 6.07) is 0. The van der Waals surface area contributed by atoms with Gasteiger partial charge in [-0.2, -0.15) is 0 Å². The third-order valence-electron chi connectivity index (χ3n) is 2.62. The van der Waals surface area contributed by atoms with E-state index in [0.29, 0.717) is 19.7 Å². The van der Waals surface area contributed by atoms with Crippen molar-refractivity contribution in [1.82, 2.24) is 20.6 Å². The normalized spacial score (nSPS) is 24.3. The number of carbonyl (C=O) groups excluding carboxylic acids is 1. The van der Waals surface area contributed by atoms with Gasteiger partial charge in [-0.3, -0.25) is 9.78 Å². The summed E-state index contributed by atoms with van der Waals surface area (Å²) >= 11 is 0. The molecular weight excluding hydrogens is 236 g/mol. The Morgan fingerprint density at radius 2 is 2.50 bits per heavy atom. The molecule has 1 atom stereocenters. The highest BCUT2D eigenvalue weighted by Gasteiger charge is 2.29. The Morgan fingerprint density at radius 1 is 1.61 bits per heavy atom. The molecule has 0 radical (unpaired) electrons.